The molecule has 5 rings (SSSR count). The molecule has 0 fully saturated rings. The van der Waals surface area contributed by atoms with Crippen LogP contribution < -0.4 is 16.8 Å². The summed E-state index contributed by atoms with van der Waals surface area (Å²) < 4.78 is 0. The second kappa shape index (κ2) is 6.14. The summed E-state index contributed by atoms with van der Waals surface area (Å²) in [4.78, 5) is 27.3. The van der Waals surface area contributed by atoms with Gasteiger partial charge < -0.3 is 16.8 Å². The van der Waals surface area contributed by atoms with Gasteiger partial charge >= 0.3 is 0 Å². The summed E-state index contributed by atoms with van der Waals surface area (Å²) in [6.45, 7) is 0. The fourth-order valence-electron chi connectivity index (χ4n) is 3.11. The lowest BCUT2D eigenvalue weighted by molar-refractivity contribution is 0.103. The highest BCUT2D eigenvalue weighted by molar-refractivity contribution is 7.21. The van der Waals surface area contributed by atoms with Crippen LogP contribution in [0.25, 0.3) is 32.4 Å². The van der Waals surface area contributed by atoms with Crippen LogP contribution in [0.5, 0.6) is 0 Å². The van der Waals surface area contributed by atoms with Crippen molar-refractivity contribution in [3.05, 3.63) is 59.5 Å². The topological polar surface area (TPSA) is 120 Å². The molecular formula is C20H14N6OS. The molecule has 0 spiro atoms. The van der Waals surface area contributed by atoms with Gasteiger partial charge in [0.05, 0.1) is 27.8 Å². The molecule has 0 unspecified atom stereocenters. The SMILES string of the molecule is Nc1c(C(=O)Nc2ccccc2)sc2nc3nc4ccccc4nc3c(N)c12. The molecule has 2 aromatic carbocycles. The van der Waals surface area contributed by atoms with Crippen molar-refractivity contribution in [1.29, 1.82) is 0 Å². The van der Waals surface area contributed by atoms with Gasteiger partial charge in [-0.25, -0.2) is 15.0 Å². The van der Waals surface area contributed by atoms with E-state index in [1.807, 2.05) is 54.6 Å². The maximum atomic E-state index is 12.7. The summed E-state index contributed by atoms with van der Waals surface area (Å²) in [5.41, 5.74) is 16.4. The molecule has 28 heavy (non-hydrogen) atoms. The standard InChI is InChI=1S/C20H14N6OS/c21-14-13-15(22)17(19(27)23-10-6-2-1-3-7-10)28-20(13)26-18-16(14)24-11-8-4-5-9-12(11)25-18/h1-9H,22H2,(H,23,27)(H2,21,25,26). The Morgan fingerprint density at radius 1 is 0.857 bits per heavy atom. The van der Waals surface area contributed by atoms with Crippen LogP contribution in [-0.2, 0) is 0 Å². The van der Waals surface area contributed by atoms with E-state index >= 15 is 0 Å². The largest absolute Gasteiger partial charge is 0.397 e. The zero-order valence-corrected chi connectivity index (χ0v) is 15.3. The number of benzene rings is 2. The normalized spacial score (nSPS) is 11.3. The maximum absolute atomic E-state index is 12.7. The van der Waals surface area contributed by atoms with Crippen molar-refractivity contribution in [2.45, 2.75) is 0 Å². The number of carbonyl (C=O) groups excluding carboxylic acids is 1. The van der Waals surface area contributed by atoms with E-state index in [9.17, 15) is 4.79 Å². The van der Waals surface area contributed by atoms with Crippen LogP contribution in [0.15, 0.2) is 54.6 Å². The average molecular weight is 386 g/mol. The van der Waals surface area contributed by atoms with Gasteiger partial charge in [0.25, 0.3) is 5.91 Å². The molecule has 3 aromatic heterocycles. The third-order valence-electron chi connectivity index (χ3n) is 4.45. The lowest BCUT2D eigenvalue weighted by Gasteiger charge is -2.05. The average Bonchev–Trinajstić information content (AvgIpc) is 3.04. The zero-order valence-electron chi connectivity index (χ0n) is 14.5. The third kappa shape index (κ3) is 2.50. The van der Waals surface area contributed by atoms with Crippen LogP contribution in [0.2, 0.25) is 0 Å². The molecule has 8 heteroatoms. The molecule has 0 aliphatic carbocycles. The lowest BCUT2D eigenvalue weighted by atomic mass is 10.2. The summed E-state index contributed by atoms with van der Waals surface area (Å²) in [7, 11) is 0. The van der Waals surface area contributed by atoms with Crippen LogP contribution in [-0.4, -0.2) is 20.9 Å². The summed E-state index contributed by atoms with van der Waals surface area (Å²) in [6.07, 6.45) is 0. The number of nitrogen functional groups attached to an aromatic ring is 2. The number of amides is 1. The first kappa shape index (κ1) is 16.4. The number of nitrogens with one attached hydrogen (secondary N) is 1. The molecule has 5 N–H and O–H groups in total. The van der Waals surface area contributed by atoms with Crippen molar-refractivity contribution in [2.75, 3.05) is 16.8 Å². The van der Waals surface area contributed by atoms with Crippen LogP contribution in [0, 0.1) is 0 Å². The molecular weight excluding hydrogens is 372 g/mol. The predicted octanol–water partition coefficient (Wildman–Crippen LogP) is 3.81. The van der Waals surface area contributed by atoms with Gasteiger partial charge in [-0.1, -0.05) is 30.3 Å². The Bertz CT molecular complexity index is 1380. The number of aromatic nitrogens is 3. The van der Waals surface area contributed by atoms with Crippen LogP contribution in [0.3, 0.4) is 0 Å². The van der Waals surface area contributed by atoms with Crippen molar-refractivity contribution in [1.82, 2.24) is 15.0 Å². The Morgan fingerprint density at radius 3 is 2.29 bits per heavy atom. The van der Waals surface area contributed by atoms with Gasteiger partial charge in [-0.15, -0.1) is 11.3 Å². The molecule has 0 radical (unpaired) electrons. The summed E-state index contributed by atoms with van der Waals surface area (Å²) >= 11 is 1.19. The highest BCUT2D eigenvalue weighted by atomic mass is 32.1. The highest BCUT2D eigenvalue weighted by Crippen LogP contribution is 2.39. The number of thiophene rings is 1. The molecule has 0 saturated carbocycles. The number of rotatable bonds is 2. The summed E-state index contributed by atoms with van der Waals surface area (Å²) in [5, 5.41) is 3.38. The molecule has 0 atom stereocenters. The van der Waals surface area contributed by atoms with Crippen LogP contribution in [0.4, 0.5) is 17.1 Å². The number of fused-ring (bicyclic) bond motifs is 3. The number of pyridine rings is 1. The van der Waals surface area contributed by atoms with E-state index in [1.54, 1.807) is 0 Å². The predicted molar refractivity (Wildman–Crippen MR) is 113 cm³/mol. The van der Waals surface area contributed by atoms with E-state index in [0.29, 0.717) is 43.3 Å². The molecule has 0 aliphatic rings. The number of nitrogens with two attached hydrogens (primary N) is 2. The second-order valence-electron chi connectivity index (χ2n) is 6.26. The third-order valence-corrected chi connectivity index (χ3v) is 5.55. The molecule has 0 bridgehead atoms. The van der Waals surface area contributed by atoms with Gasteiger partial charge in [-0.3, -0.25) is 4.79 Å². The number of nitrogens with zero attached hydrogens (tertiary/aromatic N) is 3. The first-order valence-corrected chi connectivity index (χ1v) is 9.34. The fourth-order valence-corrected chi connectivity index (χ4v) is 4.12. The summed E-state index contributed by atoms with van der Waals surface area (Å²) in [6, 6.07) is 16.7. The Labute approximate surface area is 163 Å². The molecule has 0 saturated heterocycles. The smallest absolute Gasteiger partial charge is 0.267 e. The minimum atomic E-state index is -0.304. The molecule has 3 heterocycles. The van der Waals surface area contributed by atoms with Crippen LogP contribution >= 0.6 is 11.3 Å². The lowest BCUT2D eigenvalue weighted by Crippen LogP contribution is -2.11. The van der Waals surface area contributed by atoms with Gasteiger partial charge in [-0.2, -0.15) is 0 Å². The van der Waals surface area contributed by atoms with Crippen molar-refractivity contribution in [3.63, 3.8) is 0 Å². The molecule has 136 valence electrons. The Hall–Kier alpha value is -3.78. The molecule has 5 aromatic rings. The van der Waals surface area contributed by atoms with Crippen LogP contribution in [0.1, 0.15) is 9.67 Å². The molecule has 7 nitrogen and oxygen atoms in total. The van der Waals surface area contributed by atoms with Gasteiger partial charge in [0.15, 0.2) is 5.65 Å². The summed E-state index contributed by atoms with van der Waals surface area (Å²) in [5.74, 6) is -0.304. The Kier molecular flexibility index (Phi) is 3.59. The first-order chi connectivity index (χ1) is 13.6. The highest BCUT2D eigenvalue weighted by Gasteiger charge is 2.22. The van der Waals surface area contributed by atoms with Gasteiger partial charge in [0.1, 0.15) is 15.2 Å². The monoisotopic (exact) mass is 386 g/mol. The maximum Gasteiger partial charge on any atom is 0.267 e. The minimum Gasteiger partial charge on any atom is -0.397 e. The van der Waals surface area contributed by atoms with Crippen molar-refractivity contribution in [3.8, 4) is 0 Å². The van der Waals surface area contributed by atoms with Gasteiger partial charge in [-0.05, 0) is 24.3 Å². The number of anilines is 3. The second-order valence-corrected chi connectivity index (χ2v) is 7.25. The quantitative estimate of drug-likeness (QED) is 0.397. The van der Waals surface area contributed by atoms with E-state index in [1.165, 1.54) is 11.3 Å². The molecule has 0 aliphatic heterocycles. The molecule has 1 amide bonds. The zero-order chi connectivity index (χ0) is 19.3. The number of hydrogen-bond donors (Lipinski definition) is 3. The van der Waals surface area contributed by atoms with Crippen molar-refractivity contribution >= 4 is 66.7 Å². The van der Waals surface area contributed by atoms with Crippen molar-refractivity contribution < 1.29 is 4.79 Å². The van der Waals surface area contributed by atoms with Gasteiger partial charge in [0.2, 0.25) is 0 Å². The van der Waals surface area contributed by atoms with E-state index in [2.05, 4.69) is 20.3 Å². The van der Waals surface area contributed by atoms with E-state index < -0.39 is 0 Å². The Balaban J connectivity index is 1.69. The minimum absolute atomic E-state index is 0.301. The van der Waals surface area contributed by atoms with E-state index in [0.717, 1.165) is 11.0 Å². The number of hydrogen-bond acceptors (Lipinski definition) is 7. The number of para-hydroxylation sites is 3. The first-order valence-electron chi connectivity index (χ1n) is 8.52. The Morgan fingerprint density at radius 2 is 1.54 bits per heavy atom. The fraction of sp³-hybridized carbons (Fsp3) is 0. The van der Waals surface area contributed by atoms with E-state index in [4.69, 9.17) is 11.5 Å². The van der Waals surface area contributed by atoms with E-state index in [-0.39, 0.29) is 5.91 Å². The van der Waals surface area contributed by atoms with Crippen molar-refractivity contribution in [2.24, 2.45) is 0 Å². The number of carbonyl (C=O) groups is 1. The van der Waals surface area contributed by atoms with Gasteiger partial charge in [0, 0.05) is 5.69 Å².